The summed E-state index contributed by atoms with van der Waals surface area (Å²) in [6.07, 6.45) is 0.876. The topological polar surface area (TPSA) is 126 Å². The van der Waals surface area contributed by atoms with Crippen LogP contribution in [0.15, 0.2) is 0 Å². The van der Waals surface area contributed by atoms with E-state index in [1.165, 1.54) is 0 Å². The third kappa shape index (κ3) is 3.64. The summed E-state index contributed by atoms with van der Waals surface area (Å²) < 4.78 is 26.2. The van der Waals surface area contributed by atoms with Gasteiger partial charge in [-0.3, -0.25) is 4.79 Å². The molecule has 1 atom stereocenters. The van der Waals surface area contributed by atoms with Crippen LogP contribution in [0.3, 0.4) is 0 Å². The maximum atomic E-state index is 12.2. The van der Waals surface area contributed by atoms with Gasteiger partial charge in [-0.1, -0.05) is 0 Å². The Balaban J connectivity index is 2.89. The van der Waals surface area contributed by atoms with Crippen LogP contribution in [0.25, 0.3) is 0 Å². The van der Waals surface area contributed by atoms with Crippen molar-refractivity contribution < 1.29 is 18.3 Å². The fourth-order valence-electron chi connectivity index (χ4n) is 1.89. The molecular formula is C10H14N4O4S. The summed E-state index contributed by atoms with van der Waals surface area (Å²) in [7, 11) is -3.96. The van der Waals surface area contributed by atoms with E-state index in [1.807, 2.05) is 0 Å². The molecule has 19 heavy (non-hydrogen) atoms. The minimum atomic E-state index is -3.96. The van der Waals surface area contributed by atoms with Gasteiger partial charge in [0.1, 0.15) is 13.1 Å². The number of carboxylic acids is 1. The molecule has 0 aliphatic carbocycles. The minimum Gasteiger partial charge on any atom is -0.481 e. The Labute approximate surface area is 111 Å². The number of nitrogens with zero attached hydrogens (tertiary/aromatic N) is 4. The highest BCUT2D eigenvalue weighted by Gasteiger charge is 2.35. The first-order valence-electron chi connectivity index (χ1n) is 5.65. The molecule has 0 saturated carbocycles. The first kappa shape index (κ1) is 15.4. The summed E-state index contributed by atoms with van der Waals surface area (Å²) >= 11 is 0. The monoisotopic (exact) mass is 286 g/mol. The lowest BCUT2D eigenvalue weighted by atomic mass is 10.0. The first-order chi connectivity index (χ1) is 8.93. The summed E-state index contributed by atoms with van der Waals surface area (Å²) in [5.74, 6) is -1.78. The van der Waals surface area contributed by atoms with E-state index in [9.17, 15) is 13.2 Å². The molecule has 1 fully saturated rings. The van der Waals surface area contributed by atoms with Crippen molar-refractivity contribution in [2.24, 2.45) is 5.92 Å². The molecule has 0 radical (unpaired) electrons. The van der Waals surface area contributed by atoms with Crippen molar-refractivity contribution in [3.05, 3.63) is 0 Å². The van der Waals surface area contributed by atoms with Gasteiger partial charge in [0.15, 0.2) is 0 Å². The van der Waals surface area contributed by atoms with Crippen molar-refractivity contribution >= 4 is 16.2 Å². The quantitative estimate of drug-likeness (QED) is 0.671. The Hall–Kier alpha value is -1.68. The summed E-state index contributed by atoms with van der Waals surface area (Å²) in [5, 5.41) is 26.1. The summed E-state index contributed by atoms with van der Waals surface area (Å²) in [4.78, 5) is 10.9. The zero-order valence-corrected chi connectivity index (χ0v) is 11.0. The molecule has 0 bridgehead atoms. The largest absolute Gasteiger partial charge is 0.481 e. The van der Waals surface area contributed by atoms with Crippen molar-refractivity contribution in [1.82, 2.24) is 8.61 Å². The Morgan fingerprint density at radius 2 is 1.95 bits per heavy atom. The molecule has 0 amide bonds. The van der Waals surface area contributed by atoms with Crippen LogP contribution in [0.2, 0.25) is 0 Å². The smallest absolute Gasteiger partial charge is 0.307 e. The summed E-state index contributed by atoms with van der Waals surface area (Å²) in [6, 6.07) is 3.37. The maximum Gasteiger partial charge on any atom is 0.307 e. The predicted molar refractivity (Wildman–Crippen MR) is 63.7 cm³/mol. The second-order valence-electron chi connectivity index (χ2n) is 4.13. The molecule has 0 aromatic rings. The lowest BCUT2D eigenvalue weighted by Gasteiger charge is -2.32. The van der Waals surface area contributed by atoms with E-state index >= 15 is 0 Å². The average molecular weight is 286 g/mol. The van der Waals surface area contributed by atoms with E-state index in [0.717, 1.165) is 8.61 Å². The lowest BCUT2D eigenvalue weighted by Crippen LogP contribution is -2.49. The van der Waals surface area contributed by atoms with Crippen LogP contribution >= 0.6 is 0 Å². The Bertz CT molecular complexity index is 503. The van der Waals surface area contributed by atoms with E-state index < -0.39 is 35.2 Å². The SMILES string of the molecule is N#CCN(CC#N)S(=O)(=O)N1CCCC(C(=O)O)C1. The van der Waals surface area contributed by atoms with Crippen LogP contribution in [0.5, 0.6) is 0 Å². The zero-order valence-electron chi connectivity index (χ0n) is 10.2. The third-order valence-electron chi connectivity index (χ3n) is 2.88. The van der Waals surface area contributed by atoms with Crippen molar-refractivity contribution in [2.75, 3.05) is 26.2 Å². The van der Waals surface area contributed by atoms with Crippen LogP contribution in [-0.2, 0) is 15.0 Å². The molecule has 1 N–H and O–H groups in total. The van der Waals surface area contributed by atoms with E-state index in [0.29, 0.717) is 12.8 Å². The number of carbonyl (C=O) groups is 1. The molecular weight excluding hydrogens is 272 g/mol. The molecule has 0 aromatic heterocycles. The van der Waals surface area contributed by atoms with Gasteiger partial charge in [0.25, 0.3) is 10.2 Å². The highest BCUT2D eigenvalue weighted by Crippen LogP contribution is 2.21. The number of hydrogen-bond donors (Lipinski definition) is 1. The number of carboxylic acid groups (broad SMARTS) is 1. The number of rotatable bonds is 5. The van der Waals surface area contributed by atoms with Gasteiger partial charge in [0.05, 0.1) is 18.1 Å². The van der Waals surface area contributed by atoms with Crippen molar-refractivity contribution in [3.63, 3.8) is 0 Å². The van der Waals surface area contributed by atoms with Crippen LogP contribution in [0.4, 0.5) is 0 Å². The first-order valence-corrected chi connectivity index (χ1v) is 7.05. The van der Waals surface area contributed by atoms with Gasteiger partial charge in [-0.05, 0) is 12.8 Å². The maximum absolute atomic E-state index is 12.2. The third-order valence-corrected chi connectivity index (χ3v) is 4.78. The molecule has 1 aliphatic rings. The molecule has 0 aromatic carbocycles. The van der Waals surface area contributed by atoms with Crippen molar-refractivity contribution in [1.29, 1.82) is 10.5 Å². The number of hydrogen-bond acceptors (Lipinski definition) is 5. The Morgan fingerprint density at radius 3 is 2.42 bits per heavy atom. The van der Waals surface area contributed by atoms with Gasteiger partial charge in [0.2, 0.25) is 0 Å². The molecule has 9 heteroatoms. The highest BCUT2D eigenvalue weighted by molar-refractivity contribution is 7.86. The number of nitriles is 2. The van der Waals surface area contributed by atoms with Crippen molar-refractivity contribution in [3.8, 4) is 12.1 Å². The van der Waals surface area contributed by atoms with Gasteiger partial charge >= 0.3 is 5.97 Å². The Morgan fingerprint density at radius 1 is 1.37 bits per heavy atom. The second-order valence-corrected chi connectivity index (χ2v) is 6.06. The molecule has 1 rings (SSSR count). The zero-order chi connectivity index (χ0) is 14.5. The highest BCUT2D eigenvalue weighted by atomic mass is 32.2. The van der Waals surface area contributed by atoms with Crippen LogP contribution in [0, 0.1) is 28.6 Å². The van der Waals surface area contributed by atoms with E-state index in [4.69, 9.17) is 15.6 Å². The van der Waals surface area contributed by atoms with Gasteiger partial charge in [0, 0.05) is 13.1 Å². The lowest BCUT2D eigenvalue weighted by molar-refractivity contribution is -0.142. The van der Waals surface area contributed by atoms with Gasteiger partial charge in [-0.2, -0.15) is 27.6 Å². The molecule has 1 unspecified atom stereocenters. The second kappa shape index (κ2) is 6.48. The fourth-order valence-corrected chi connectivity index (χ4v) is 3.39. The molecule has 1 aliphatic heterocycles. The number of piperidine rings is 1. The molecule has 8 nitrogen and oxygen atoms in total. The van der Waals surface area contributed by atoms with Gasteiger partial charge in [-0.25, -0.2) is 0 Å². The Kier molecular flexibility index (Phi) is 5.24. The van der Waals surface area contributed by atoms with E-state index in [1.54, 1.807) is 12.1 Å². The van der Waals surface area contributed by atoms with Crippen molar-refractivity contribution in [2.45, 2.75) is 12.8 Å². The fraction of sp³-hybridized carbons (Fsp3) is 0.700. The summed E-state index contributed by atoms with van der Waals surface area (Å²) in [6.45, 7) is -0.765. The predicted octanol–water partition coefficient (Wildman–Crippen LogP) is -0.623. The van der Waals surface area contributed by atoms with E-state index in [-0.39, 0.29) is 13.1 Å². The standard InChI is InChI=1S/C10H14N4O4S/c11-3-6-13(7-4-12)19(17,18)14-5-1-2-9(8-14)10(15)16/h9H,1-2,5-8H2,(H,15,16). The average Bonchev–Trinajstić information content (AvgIpc) is 2.38. The van der Waals surface area contributed by atoms with E-state index in [2.05, 4.69) is 0 Å². The molecule has 1 heterocycles. The number of aliphatic carboxylic acids is 1. The van der Waals surface area contributed by atoms with Crippen LogP contribution in [0.1, 0.15) is 12.8 Å². The van der Waals surface area contributed by atoms with Crippen LogP contribution in [-0.4, -0.2) is 54.3 Å². The van der Waals surface area contributed by atoms with Gasteiger partial charge in [-0.15, -0.1) is 0 Å². The minimum absolute atomic E-state index is 0.120. The van der Waals surface area contributed by atoms with Gasteiger partial charge < -0.3 is 5.11 Å². The molecule has 0 spiro atoms. The summed E-state index contributed by atoms with van der Waals surface area (Å²) in [5.41, 5.74) is 0. The van der Waals surface area contributed by atoms with Crippen LogP contribution < -0.4 is 0 Å². The molecule has 1 saturated heterocycles. The normalized spacial score (nSPS) is 20.7. The molecule has 104 valence electrons.